The van der Waals surface area contributed by atoms with E-state index >= 15 is 0 Å². The second-order valence-corrected chi connectivity index (χ2v) is 7.49. The third-order valence-corrected chi connectivity index (χ3v) is 5.79. The molecule has 142 valence electrons. The highest BCUT2D eigenvalue weighted by Crippen LogP contribution is 2.35. The number of rotatable bonds is 5. The van der Waals surface area contributed by atoms with Crippen LogP contribution in [0.3, 0.4) is 0 Å². The van der Waals surface area contributed by atoms with Gasteiger partial charge in [0.25, 0.3) is 0 Å². The Morgan fingerprint density at radius 1 is 1.00 bits per heavy atom. The van der Waals surface area contributed by atoms with Crippen molar-refractivity contribution in [3.63, 3.8) is 0 Å². The van der Waals surface area contributed by atoms with Gasteiger partial charge in [0.2, 0.25) is 17.7 Å². The molecular formula is C21H25N3O3. The van der Waals surface area contributed by atoms with Gasteiger partial charge in [0.15, 0.2) is 0 Å². The van der Waals surface area contributed by atoms with E-state index in [4.69, 9.17) is 0 Å². The number of likely N-dealkylation sites (tertiary alicyclic amines) is 1. The van der Waals surface area contributed by atoms with Gasteiger partial charge in [-0.1, -0.05) is 24.3 Å². The summed E-state index contributed by atoms with van der Waals surface area (Å²) in [5.74, 6) is -0.891. The Morgan fingerprint density at radius 3 is 2.30 bits per heavy atom. The summed E-state index contributed by atoms with van der Waals surface area (Å²) in [6, 6.07) is 7.80. The fraction of sp³-hybridized carbons (Fsp3) is 0.476. The van der Waals surface area contributed by atoms with Crippen LogP contribution in [-0.2, 0) is 14.4 Å². The number of para-hydroxylation sites is 2. The van der Waals surface area contributed by atoms with Crippen LogP contribution in [0.2, 0.25) is 0 Å². The predicted octanol–water partition coefficient (Wildman–Crippen LogP) is 2.57. The first-order chi connectivity index (χ1) is 13.1. The summed E-state index contributed by atoms with van der Waals surface area (Å²) in [7, 11) is 0. The number of imide groups is 1. The number of hydrogen-bond acceptors (Lipinski definition) is 4. The van der Waals surface area contributed by atoms with Crippen LogP contribution in [0.15, 0.2) is 36.4 Å². The van der Waals surface area contributed by atoms with Gasteiger partial charge in [-0.05, 0) is 37.8 Å². The highest BCUT2D eigenvalue weighted by molar-refractivity contribution is 6.06. The Hall–Kier alpha value is -2.63. The molecule has 2 saturated heterocycles. The zero-order valence-corrected chi connectivity index (χ0v) is 15.4. The average Bonchev–Trinajstić information content (AvgIpc) is 3.29. The average molecular weight is 367 g/mol. The van der Waals surface area contributed by atoms with E-state index in [1.807, 2.05) is 36.4 Å². The SMILES string of the molecule is O=C(CCN1C(=O)[C@H]2CC=CC[C@@H]2C1=O)Nc1ccccc1N1CCCC1. The molecule has 2 aliphatic heterocycles. The zero-order chi connectivity index (χ0) is 18.8. The minimum absolute atomic E-state index is 0.124. The number of nitrogens with zero attached hydrogens (tertiary/aromatic N) is 2. The number of allylic oxidation sites excluding steroid dienone is 2. The first kappa shape index (κ1) is 17.8. The summed E-state index contributed by atoms with van der Waals surface area (Å²) in [4.78, 5) is 41.0. The molecule has 1 aromatic rings. The molecule has 0 radical (unpaired) electrons. The predicted molar refractivity (Wildman–Crippen MR) is 103 cm³/mol. The second kappa shape index (κ2) is 7.55. The number of benzene rings is 1. The van der Waals surface area contributed by atoms with Gasteiger partial charge in [-0.2, -0.15) is 0 Å². The zero-order valence-electron chi connectivity index (χ0n) is 15.4. The molecular weight excluding hydrogens is 342 g/mol. The highest BCUT2D eigenvalue weighted by atomic mass is 16.2. The monoisotopic (exact) mass is 367 g/mol. The molecule has 27 heavy (non-hydrogen) atoms. The Balaban J connectivity index is 1.37. The third-order valence-electron chi connectivity index (χ3n) is 5.79. The van der Waals surface area contributed by atoms with Crippen molar-refractivity contribution in [2.45, 2.75) is 32.1 Å². The number of anilines is 2. The Morgan fingerprint density at radius 2 is 1.63 bits per heavy atom. The van der Waals surface area contributed by atoms with Crippen molar-refractivity contribution in [2.24, 2.45) is 11.8 Å². The molecule has 2 heterocycles. The second-order valence-electron chi connectivity index (χ2n) is 7.49. The Kier molecular flexibility index (Phi) is 4.97. The van der Waals surface area contributed by atoms with Crippen molar-refractivity contribution < 1.29 is 14.4 Å². The van der Waals surface area contributed by atoms with Crippen LogP contribution in [0.25, 0.3) is 0 Å². The van der Waals surface area contributed by atoms with Gasteiger partial charge in [0.1, 0.15) is 0 Å². The summed E-state index contributed by atoms with van der Waals surface area (Å²) in [6.07, 6.45) is 7.65. The van der Waals surface area contributed by atoms with E-state index < -0.39 is 0 Å². The van der Waals surface area contributed by atoms with Crippen molar-refractivity contribution in [2.75, 3.05) is 29.9 Å². The van der Waals surface area contributed by atoms with Gasteiger partial charge in [0, 0.05) is 26.1 Å². The van der Waals surface area contributed by atoms with E-state index in [9.17, 15) is 14.4 Å². The maximum absolute atomic E-state index is 12.5. The number of carbonyl (C=O) groups is 3. The number of nitrogens with one attached hydrogen (secondary N) is 1. The fourth-order valence-electron chi connectivity index (χ4n) is 4.33. The lowest BCUT2D eigenvalue weighted by atomic mass is 9.85. The molecule has 0 aromatic heterocycles. The smallest absolute Gasteiger partial charge is 0.233 e. The van der Waals surface area contributed by atoms with E-state index in [1.165, 1.54) is 17.7 Å². The van der Waals surface area contributed by atoms with Crippen LogP contribution >= 0.6 is 0 Å². The molecule has 4 rings (SSSR count). The standard InChI is InChI=1S/C21H25N3O3/c25-19(22-17-9-3-4-10-18(17)23-12-5-6-13-23)11-14-24-20(26)15-7-1-2-8-16(15)21(24)27/h1-4,9-10,15-16H,5-8,11-14H2,(H,22,25)/t15-,16-/m0/s1. The molecule has 2 fully saturated rings. The summed E-state index contributed by atoms with van der Waals surface area (Å²) >= 11 is 0. The molecule has 0 saturated carbocycles. The lowest BCUT2D eigenvalue weighted by molar-refractivity contribution is -0.140. The summed E-state index contributed by atoms with van der Waals surface area (Å²) in [5, 5.41) is 2.96. The van der Waals surface area contributed by atoms with E-state index in [2.05, 4.69) is 10.2 Å². The molecule has 6 heteroatoms. The van der Waals surface area contributed by atoms with Crippen LogP contribution in [0.4, 0.5) is 11.4 Å². The van der Waals surface area contributed by atoms with Gasteiger partial charge in [-0.15, -0.1) is 0 Å². The van der Waals surface area contributed by atoms with Gasteiger partial charge in [0.05, 0.1) is 23.2 Å². The first-order valence-electron chi connectivity index (χ1n) is 9.79. The maximum atomic E-state index is 12.5. The van der Waals surface area contributed by atoms with E-state index in [-0.39, 0.29) is 42.5 Å². The van der Waals surface area contributed by atoms with Crippen LogP contribution in [0, 0.1) is 11.8 Å². The van der Waals surface area contributed by atoms with E-state index in [1.54, 1.807) is 0 Å². The van der Waals surface area contributed by atoms with Gasteiger partial charge < -0.3 is 10.2 Å². The van der Waals surface area contributed by atoms with Crippen LogP contribution in [0.5, 0.6) is 0 Å². The highest BCUT2D eigenvalue weighted by Gasteiger charge is 2.46. The summed E-state index contributed by atoms with van der Waals surface area (Å²) in [6.45, 7) is 2.16. The molecule has 6 nitrogen and oxygen atoms in total. The normalized spacial score (nSPS) is 24.4. The summed E-state index contributed by atoms with van der Waals surface area (Å²) in [5.41, 5.74) is 1.83. The number of hydrogen-bond donors (Lipinski definition) is 1. The Labute approximate surface area is 159 Å². The molecule has 2 atom stereocenters. The van der Waals surface area contributed by atoms with Gasteiger partial charge >= 0.3 is 0 Å². The van der Waals surface area contributed by atoms with Crippen molar-refractivity contribution in [1.29, 1.82) is 0 Å². The van der Waals surface area contributed by atoms with E-state index in [0.717, 1.165) is 24.5 Å². The molecule has 0 bridgehead atoms. The molecule has 1 aliphatic carbocycles. The minimum Gasteiger partial charge on any atom is -0.370 e. The summed E-state index contributed by atoms with van der Waals surface area (Å²) < 4.78 is 0. The number of carbonyl (C=O) groups excluding carboxylic acids is 3. The lowest BCUT2D eigenvalue weighted by Gasteiger charge is -2.21. The fourth-order valence-corrected chi connectivity index (χ4v) is 4.33. The van der Waals surface area contributed by atoms with Gasteiger partial charge in [-0.25, -0.2) is 0 Å². The van der Waals surface area contributed by atoms with Crippen LogP contribution in [0.1, 0.15) is 32.1 Å². The van der Waals surface area contributed by atoms with Crippen molar-refractivity contribution >= 4 is 29.1 Å². The lowest BCUT2D eigenvalue weighted by Crippen LogP contribution is -2.34. The molecule has 3 amide bonds. The minimum atomic E-state index is -0.235. The largest absolute Gasteiger partial charge is 0.370 e. The first-order valence-corrected chi connectivity index (χ1v) is 9.79. The Bertz CT molecular complexity index is 757. The van der Waals surface area contributed by atoms with Crippen molar-refractivity contribution in [1.82, 2.24) is 4.90 Å². The third kappa shape index (κ3) is 3.48. The number of amides is 3. The topological polar surface area (TPSA) is 69.7 Å². The van der Waals surface area contributed by atoms with Crippen LogP contribution in [-0.4, -0.2) is 42.3 Å². The number of fused-ring (bicyclic) bond motifs is 1. The van der Waals surface area contributed by atoms with Gasteiger partial charge in [-0.3, -0.25) is 19.3 Å². The molecule has 1 aromatic carbocycles. The maximum Gasteiger partial charge on any atom is 0.233 e. The van der Waals surface area contributed by atoms with Crippen molar-refractivity contribution in [3.05, 3.63) is 36.4 Å². The molecule has 0 unspecified atom stereocenters. The van der Waals surface area contributed by atoms with Crippen molar-refractivity contribution in [3.8, 4) is 0 Å². The van der Waals surface area contributed by atoms with E-state index in [0.29, 0.717) is 12.8 Å². The molecule has 3 aliphatic rings. The quantitative estimate of drug-likeness (QED) is 0.641. The molecule has 1 N–H and O–H groups in total. The molecule has 0 spiro atoms. The van der Waals surface area contributed by atoms with Crippen LogP contribution < -0.4 is 10.2 Å².